The predicted molar refractivity (Wildman–Crippen MR) is 83.2 cm³/mol. The number of aromatic nitrogens is 2. The number of aryl methyl sites for hydroxylation is 1. The first-order chi connectivity index (χ1) is 10.2. The van der Waals surface area contributed by atoms with Crippen molar-refractivity contribution in [3.05, 3.63) is 72.2 Å². The first-order valence-electron chi connectivity index (χ1n) is 6.70. The summed E-state index contributed by atoms with van der Waals surface area (Å²) in [6.45, 7) is 1.90. The normalized spacial score (nSPS) is 10.3. The Morgan fingerprint density at radius 1 is 1.10 bits per heavy atom. The average molecular weight is 277 g/mol. The molecule has 0 radical (unpaired) electrons. The van der Waals surface area contributed by atoms with Crippen molar-refractivity contribution >= 4 is 11.6 Å². The summed E-state index contributed by atoms with van der Waals surface area (Å²) in [5.41, 5.74) is 4.22. The summed E-state index contributed by atoms with van der Waals surface area (Å²) < 4.78 is 0. The van der Waals surface area contributed by atoms with Crippen molar-refractivity contribution in [1.29, 1.82) is 0 Å². The number of rotatable bonds is 3. The van der Waals surface area contributed by atoms with E-state index in [0.717, 1.165) is 22.6 Å². The van der Waals surface area contributed by atoms with E-state index in [4.69, 9.17) is 0 Å². The fourth-order valence-electron chi connectivity index (χ4n) is 2.20. The lowest BCUT2D eigenvalue weighted by molar-refractivity contribution is 0.102. The third kappa shape index (κ3) is 2.84. The Bertz CT molecular complexity index is 748. The molecule has 104 valence electrons. The molecule has 0 aliphatic rings. The van der Waals surface area contributed by atoms with Crippen LogP contribution in [0.25, 0.3) is 11.3 Å². The van der Waals surface area contributed by atoms with Crippen molar-refractivity contribution in [3.63, 3.8) is 0 Å². The van der Waals surface area contributed by atoms with E-state index in [2.05, 4.69) is 15.3 Å². The molecular weight excluding hydrogens is 262 g/mol. The van der Waals surface area contributed by atoms with E-state index in [-0.39, 0.29) is 5.91 Å². The standard InChI is InChI=1S/C17H15N3O/c1-12-15(17(21)20-14-7-9-18-10-8-14)11-16(19-12)13-5-3-2-4-6-13/h2-11,19H,1H3,(H,18,20,21). The van der Waals surface area contributed by atoms with Crippen LogP contribution in [-0.4, -0.2) is 15.9 Å². The second kappa shape index (κ2) is 5.63. The van der Waals surface area contributed by atoms with Gasteiger partial charge in [0.2, 0.25) is 0 Å². The van der Waals surface area contributed by atoms with Gasteiger partial charge in [-0.1, -0.05) is 30.3 Å². The maximum absolute atomic E-state index is 12.3. The monoisotopic (exact) mass is 277 g/mol. The van der Waals surface area contributed by atoms with E-state index >= 15 is 0 Å². The highest BCUT2D eigenvalue weighted by molar-refractivity contribution is 6.05. The van der Waals surface area contributed by atoms with Gasteiger partial charge in [0.15, 0.2) is 0 Å². The van der Waals surface area contributed by atoms with Gasteiger partial charge in [0.1, 0.15) is 0 Å². The van der Waals surface area contributed by atoms with Crippen LogP contribution in [0.3, 0.4) is 0 Å². The molecule has 1 amide bonds. The van der Waals surface area contributed by atoms with Gasteiger partial charge >= 0.3 is 0 Å². The summed E-state index contributed by atoms with van der Waals surface area (Å²) in [5.74, 6) is -0.128. The van der Waals surface area contributed by atoms with E-state index < -0.39 is 0 Å². The Labute approximate surface area is 122 Å². The van der Waals surface area contributed by atoms with Crippen molar-refractivity contribution in [2.45, 2.75) is 6.92 Å². The first kappa shape index (κ1) is 13.1. The minimum atomic E-state index is -0.128. The van der Waals surface area contributed by atoms with Crippen LogP contribution < -0.4 is 5.32 Å². The Kier molecular flexibility index (Phi) is 3.51. The molecule has 0 bridgehead atoms. The minimum Gasteiger partial charge on any atom is -0.358 e. The van der Waals surface area contributed by atoms with Crippen LogP contribution in [0.2, 0.25) is 0 Å². The summed E-state index contributed by atoms with van der Waals surface area (Å²) in [6.07, 6.45) is 3.30. The number of amides is 1. The van der Waals surface area contributed by atoms with Gasteiger partial charge < -0.3 is 10.3 Å². The minimum absolute atomic E-state index is 0.128. The second-order valence-corrected chi connectivity index (χ2v) is 4.78. The molecule has 4 nitrogen and oxygen atoms in total. The summed E-state index contributed by atoms with van der Waals surface area (Å²) >= 11 is 0. The number of nitrogens with zero attached hydrogens (tertiary/aromatic N) is 1. The zero-order chi connectivity index (χ0) is 14.7. The lowest BCUT2D eigenvalue weighted by Crippen LogP contribution is -2.12. The first-order valence-corrected chi connectivity index (χ1v) is 6.70. The number of H-pyrrole nitrogens is 1. The topological polar surface area (TPSA) is 57.8 Å². The highest BCUT2D eigenvalue weighted by atomic mass is 16.1. The van der Waals surface area contributed by atoms with Crippen LogP contribution in [0, 0.1) is 6.92 Å². The molecule has 2 heterocycles. The van der Waals surface area contributed by atoms with E-state index in [1.54, 1.807) is 24.5 Å². The SMILES string of the molecule is Cc1[nH]c(-c2ccccc2)cc1C(=O)Nc1ccncc1. The van der Waals surface area contributed by atoms with E-state index in [9.17, 15) is 4.79 Å². The van der Waals surface area contributed by atoms with Gasteiger partial charge in [-0.05, 0) is 30.7 Å². The largest absolute Gasteiger partial charge is 0.358 e. The van der Waals surface area contributed by atoms with Gasteiger partial charge in [0, 0.05) is 29.5 Å². The van der Waals surface area contributed by atoms with Gasteiger partial charge in [-0.15, -0.1) is 0 Å². The predicted octanol–water partition coefficient (Wildman–Crippen LogP) is 3.64. The Balaban J connectivity index is 1.86. The number of anilines is 1. The second-order valence-electron chi connectivity index (χ2n) is 4.78. The maximum atomic E-state index is 12.3. The van der Waals surface area contributed by atoms with E-state index in [1.165, 1.54) is 0 Å². The summed E-state index contributed by atoms with van der Waals surface area (Å²) in [5, 5.41) is 2.86. The van der Waals surface area contributed by atoms with Gasteiger partial charge in [-0.2, -0.15) is 0 Å². The number of pyridine rings is 1. The Morgan fingerprint density at radius 3 is 2.52 bits per heavy atom. The number of carbonyl (C=O) groups excluding carboxylic acids is 1. The number of nitrogens with one attached hydrogen (secondary N) is 2. The van der Waals surface area contributed by atoms with Crippen LogP contribution in [0.4, 0.5) is 5.69 Å². The van der Waals surface area contributed by atoms with Crippen molar-refractivity contribution < 1.29 is 4.79 Å². The molecule has 0 saturated carbocycles. The van der Waals surface area contributed by atoms with Crippen LogP contribution in [0.1, 0.15) is 16.1 Å². The Hall–Kier alpha value is -2.88. The van der Waals surface area contributed by atoms with E-state index in [1.807, 2.05) is 43.3 Å². The Morgan fingerprint density at radius 2 is 1.81 bits per heavy atom. The van der Waals surface area contributed by atoms with Gasteiger partial charge in [0.25, 0.3) is 5.91 Å². The fourth-order valence-corrected chi connectivity index (χ4v) is 2.20. The van der Waals surface area contributed by atoms with Crippen molar-refractivity contribution in [2.75, 3.05) is 5.32 Å². The quantitative estimate of drug-likeness (QED) is 0.768. The van der Waals surface area contributed by atoms with Gasteiger partial charge in [-0.3, -0.25) is 9.78 Å². The number of benzene rings is 1. The third-order valence-electron chi connectivity index (χ3n) is 3.28. The lowest BCUT2D eigenvalue weighted by Gasteiger charge is -2.03. The zero-order valence-electron chi connectivity index (χ0n) is 11.6. The molecule has 1 aromatic carbocycles. The molecule has 21 heavy (non-hydrogen) atoms. The van der Waals surface area contributed by atoms with Gasteiger partial charge in [-0.25, -0.2) is 0 Å². The van der Waals surface area contributed by atoms with Crippen molar-refractivity contribution in [2.24, 2.45) is 0 Å². The molecule has 0 unspecified atom stereocenters. The van der Waals surface area contributed by atoms with Crippen LogP contribution in [0.15, 0.2) is 60.9 Å². The molecule has 2 N–H and O–H groups in total. The summed E-state index contributed by atoms with van der Waals surface area (Å²) in [6, 6.07) is 15.3. The van der Waals surface area contributed by atoms with Crippen molar-refractivity contribution in [3.8, 4) is 11.3 Å². The molecule has 0 aliphatic carbocycles. The smallest absolute Gasteiger partial charge is 0.257 e. The number of hydrogen-bond acceptors (Lipinski definition) is 2. The summed E-state index contributed by atoms with van der Waals surface area (Å²) in [4.78, 5) is 19.5. The molecular formula is C17H15N3O. The third-order valence-corrected chi connectivity index (χ3v) is 3.28. The molecule has 0 spiro atoms. The maximum Gasteiger partial charge on any atom is 0.257 e. The van der Waals surface area contributed by atoms with Crippen molar-refractivity contribution in [1.82, 2.24) is 9.97 Å². The molecule has 3 aromatic rings. The highest BCUT2D eigenvalue weighted by Crippen LogP contribution is 2.22. The van der Waals surface area contributed by atoms with Crippen LogP contribution in [0.5, 0.6) is 0 Å². The molecule has 0 saturated heterocycles. The number of hydrogen-bond donors (Lipinski definition) is 2. The lowest BCUT2D eigenvalue weighted by atomic mass is 10.1. The number of aromatic amines is 1. The molecule has 0 atom stereocenters. The van der Waals surface area contributed by atoms with E-state index in [0.29, 0.717) is 5.56 Å². The molecule has 4 heteroatoms. The summed E-state index contributed by atoms with van der Waals surface area (Å²) in [7, 11) is 0. The molecule has 0 fully saturated rings. The average Bonchev–Trinajstić information content (AvgIpc) is 2.91. The zero-order valence-corrected chi connectivity index (χ0v) is 11.6. The number of carbonyl (C=O) groups is 1. The highest BCUT2D eigenvalue weighted by Gasteiger charge is 2.13. The molecule has 0 aliphatic heterocycles. The van der Waals surface area contributed by atoms with Gasteiger partial charge in [0.05, 0.1) is 5.56 Å². The van der Waals surface area contributed by atoms with Crippen LogP contribution in [-0.2, 0) is 0 Å². The molecule has 3 rings (SSSR count). The van der Waals surface area contributed by atoms with Crippen LogP contribution >= 0.6 is 0 Å². The molecule has 2 aromatic heterocycles. The fraction of sp³-hybridized carbons (Fsp3) is 0.0588.